The Balaban J connectivity index is 1.87. The van der Waals surface area contributed by atoms with E-state index in [2.05, 4.69) is 0 Å². The maximum absolute atomic E-state index is 12.0. The zero-order chi connectivity index (χ0) is 9.54. The molecule has 1 amide bonds. The van der Waals surface area contributed by atoms with Crippen LogP contribution in [0.1, 0.15) is 36.2 Å². The third-order valence-corrected chi connectivity index (χ3v) is 3.42. The molecule has 2 aliphatic rings. The summed E-state index contributed by atoms with van der Waals surface area (Å²) in [5.74, 6) is 0.573. The number of carbonyl (C=O) groups is 1. The van der Waals surface area contributed by atoms with Crippen LogP contribution in [0.3, 0.4) is 0 Å². The van der Waals surface area contributed by atoms with Crippen LogP contribution in [0.15, 0.2) is 22.8 Å². The molecule has 3 rings (SSSR count). The molecule has 3 nitrogen and oxygen atoms in total. The van der Waals surface area contributed by atoms with Crippen molar-refractivity contribution in [2.75, 3.05) is 0 Å². The van der Waals surface area contributed by atoms with Crippen molar-refractivity contribution in [1.82, 2.24) is 4.90 Å². The molecule has 0 atom stereocenters. The molecule has 0 saturated carbocycles. The fraction of sp³-hybridized carbons (Fsp3) is 0.545. The maximum Gasteiger partial charge on any atom is 0.290 e. The third-order valence-electron chi connectivity index (χ3n) is 3.42. The van der Waals surface area contributed by atoms with Crippen molar-refractivity contribution in [2.24, 2.45) is 0 Å². The van der Waals surface area contributed by atoms with Gasteiger partial charge in [0.05, 0.1) is 6.26 Å². The first kappa shape index (κ1) is 8.09. The average molecular weight is 191 g/mol. The van der Waals surface area contributed by atoms with E-state index in [0.717, 1.165) is 0 Å². The van der Waals surface area contributed by atoms with Crippen LogP contribution in [0.2, 0.25) is 0 Å². The van der Waals surface area contributed by atoms with Crippen LogP contribution in [-0.2, 0) is 0 Å². The number of fused-ring (bicyclic) bond motifs is 2. The number of rotatable bonds is 1. The van der Waals surface area contributed by atoms with Crippen LogP contribution in [0, 0.1) is 0 Å². The van der Waals surface area contributed by atoms with E-state index in [1.807, 2.05) is 4.90 Å². The second-order valence-corrected chi connectivity index (χ2v) is 4.15. The number of nitrogens with zero attached hydrogens (tertiary/aromatic N) is 1. The Labute approximate surface area is 82.7 Å². The summed E-state index contributed by atoms with van der Waals surface area (Å²) in [5, 5.41) is 0. The van der Waals surface area contributed by atoms with Crippen LogP contribution in [0.5, 0.6) is 0 Å². The minimum Gasteiger partial charge on any atom is -0.459 e. The number of hydrogen-bond acceptors (Lipinski definition) is 2. The molecule has 0 aromatic carbocycles. The lowest BCUT2D eigenvalue weighted by Gasteiger charge is -2.20. The molecule has 2 fully saturated rings. The van der Waals surface area contributed by atoms with E-state index in [0.29, 0.717) is 17.8 Å². The van der Waals surface area contributed by atoms with Gasteiger partial charge in [0.25, 0.3) is 5.91 Å². The van der Waals surface area contributed by atoms with Crippen LogP contribution in [-0.4, -0.2) is 22.9 Å². The van der Waals surface area contributed by atoms with Crippen LogP contribution >= 0.6 is 0 Å². The van der Waals surface area contributed by atoms with E-state index in [4.69, 9.17) is 4.42 Å². The largest absolute Gasteiger partial charge is 0.459 e. The van der Waals surface area contributed by atoms with E-state index < -0.39 is 0 Å². The van der Waals surface area contributed by atoms with Crippen molar-refractivity contribution in [1.29, 1.82) is 0 Å². The molecule has 3 heteroatoms. The summed E-state index contributed by atoms with van der Waals surface area (Å²) in [5.41, 5.74) is 0. The summed E-state index contributed by atoms with van der Waals surface area (Å²) < 4.78 is 5.14. The lowest BCUT2D eigenvalue weighted by atomic mass is 10.0. The van der Waals surface area contributed by atoms with Gasteiger partial charge in [-0.2, -0.15) is 0 Å². The molecule has 0 N–H and O–H groups in total. The van der Waals surface area contributed by atoms with Gasteiger partial charge in [0, 0.05) is 12.1 Å². The lowest BCUT2D eigenvalue weighted by Crippen LogP contribution is -2.34. The van der Waals surface area contributed by atoms with Crippen molar-refractivity contribution in [2.45, 2.75) is 37.8 Å². The van der Waals surface area contributed by atoms with Gasteiger partial charge in [0.2, 0.25) is 0 Å². The van der Waals surface area contributed by atoms with Crippen LogP contribution in [0.4, 0.5) is 0 Å². The van der Waals surface area contributed by atoms with Gasteiger partial charge >= 0.3 is 0 Å². The molecule has 2 bridgehead atoms. The average Bonchev–Trinajstić information content (AvgIpc) is 2.94. The minimum atomic E-state index is 0.0833. The second kappa shape index (κ2) is 2.87. The Bertz CT molecular complexity index is 324. The number of amides is 1. The fourth-order valence-electron chi connectivity index (χ4n) is 2.77. The Morgan fingerprint density at radius 1 is 1.29 bits per heavy atom. The Kier molecular flexibility index (Phi) is 1.66. The molecule has 74 valence electrons. The highest BCUT2D eigenvalue weighted by Crippen LogP contribution is 2.38. The number of hydrogen-bond donors (Lipinski definition) is 0. The zero-order valence-electron chi connectivity index (χ0n) is 7.98. The van der Waals surface area contributed by atoms with Gasteiger partial charge in [-0.25, -0.2) is 0 Å². The SMILES string of the molecule is O=C(c1ccco1)N1C2CCC1CC2. The Morgan fingerprint density at radius 2 is 1.93 bits per heavy atom. The van der Waals surface area contributed by atoms with Crippen molar-refractivity contribution >= 4 is 5.91 Å². The predicted octanol–water partition coefficient (Wildman–Crippen LogP) is 2.05. The quantitative estimate of drug-likeness (QED) is 0.680. The van der Waals surface area contributed by atoms with E-state index in [-0.39, 0.29) is 5.91 Å². The monoisotopic (exact) mass is 191 g/mol. The van der Waals surface area contributed by atoms with Crippen LogP contribution in [0.25, 0.3) is 0 Å². The number of carbonyl (C=O) groups excluding carboxylic acids is 1. The van der Waals surface area contributed by atoms with E-state index in [1.54, 1.807) is 18.4 Å². The first-order valence-corrected chi connectivity index (χ1v) is 5.22. The highest BCUT2D eigenvalue weighted by atomic mass is 16.3. The second-order valence-electron chi connectivity index (χ2n) is 4.15. The Morgan fingerprint density at radius 3 is 2.43 bits per heavy atom. The standard InChI is InChI=1S/C11H13NO2/c13-11(10-2-1-7-14-10)12-8-3-4-9(12)6-5-8/h1-2,7-9H,3-6H2. The van der Waals surface area contributed by atoms with Gasteiger partial charge in [-0.3, -0.25) is 4.79 Å². The summed E-state index contributed by atoms with van der Waals surface area (Å²) in [6.45, 7) is 0. The van der Waals surface area contributed by atoms with Crippen molar-refractivity contribution in [3.05, 3.63) is 24.2 Å². The normalized spacial score (nSPS) is 29.9. The maximum atomic E-state index is 12.0. The summed E-state index contributed by atoms with van der Waals surface area (Å²) in [4.78, 5) is 14.0. The van der Waals surface area contributed by atoms with Gasteiger partial charge in [-0.05, 0) is 37.8 Å². The summed E-state index contributed by atoms with van der Waals surface area (Å²) >= 11 is 0. The molecule has 0 spiro atoms. The van der Waals surface area contributed by atoms with Crippen molar-refractivity contribution < 1.29 is 9.21 Å². The molecule has 14 heavy (non-hydrogen) atoms. The summed E-state index contributed by atoms with van der Waals surface area (Å²) in [6.07, 6.45) is 6.27. The van der Waals surface area contributed by atoms with Gasteiger partial charge in [0.15, 0.2) is 5.76 Å². The smallest absolute Gasteiger partial charge is 0.290 e. The minimum absolute atomic E-state index is 0.0833. The molecule has 2 saturated heterocycles. The number of furan rings is 1. The van der Waals surface area contributed by atoms with E-state index in [1.165, 1.54) is 25.7 Å². The molecule has 0 unspecified atom stereocenters. The van der Waals surface area contributed by atoms with Gasteiger partial charge in [-0.15, -0.1) is 0 Å². The van der Waals surface area contributed by atoms with Gasteiger partial charge in [-0.1, -0.05) is 0 Å². The predicted molar refractivity (Wildman–Crippen MR) is 50.9 cm³/mol. The molecule has 0 aliphatic carbocycles. The fourth-order valence-corrected chi connectivity index (χ4v) is 2.77. The molecule has 3 heterocycles. The Hall–Kier alpha value is -1.25. The van der Waals surface area contributed by atoms with E-state index >= 15 is 0 Å². The highest BCUT2D eigenvalue weighted by molar-refractivity contribution is 5.92. The molecule has 1 aromatic heterocycles. The zero-order valence-corrected chi connectivity index (χ0v) is 7.98. The van der Waals surface area contributed by atoms with Crippen LogP contribution < -0.4 is 0 Å². The molecular formula is C11H13NO2. The summed E-state index contributed by atoms with van der Waals surface area (Å²) in [7, 11) is 0. The summed E-state index contributed by atoms with van der Waals surface area (Å²) in [6, 6.07) is 4.49. The third kappa shape index (κ3) is 1.01. The van der Waals surface area contributed by atoms with Crippen molar-refractivity contribution in [3.63, 3.8) is 0 Å². The lowest BCUT2D eigenvalue weighted by molar-refractivity contribution is 0.0697. The molecule has 2 aliphatic heterocycles. The van der Waals surface area contributed by atoms with Gasteiger partial charge < -0.3 is 9.32 Å². The first-order chi connectivity index (χ1) is 6.86. The highest BCUT2D eigenvalue weighted by Gasteiger charge is 2.42. The topological polar surface area (TPSA) is 33.5 Å². The van der Waals surface area contributed by atoms with Gasteiger partial charge in [0.1, 0.15) is 0 Å². The molecule has 1 aromatic rings. The molecular weight excluding hydrogens is 178 g/mol. The van der Waals surface area contributed by atoms with Crippen molar-refractivity contribution in [3.8, 4) is 0 Å². The van der Waals surface area contributed by atoms with E-state index in [9.17, 15) is 4.79 Å². The first-order valence-electron chi connectivity index (χ1n) is 5.22. The molecule has 0 radical (unpaired) electrons.